The van der Waals surface area contributed by atoms with E-state index in [1.54, 1.807) is 18.2 Å². The van der Waals surface area contributed by atoms with Gasteiger partial charge in [-0.2, -0.15) is 8.78 Å². The van der Waals surface area contributed by atoms with Crippen molar-refractivity contribution in [3.05, 3.63) is 72.9 Å². The Morgan fingerprint density at radius 2 is 1.92 bits per heavy atom. The summed E-state index contributed by atoms with van der Waals surface area (Å²) >= 11 is 0. The van der Waals surface area contributed by atoms with Crippen molar-refractivity contribution in [2.24, 2.45) is 5.14 Å². The van der Waals surface area contributed by atoms with Crippen molar-refractivity contribution in [3.8, 4) is 5.69 Å². The summed E-state index contributed by atoms with van der Waals surface area (Å²) in [6.07, 6.45) is 7.95. The zero-order chi connectivity index (χ0) is 19.5. The van der Waals surface area contributed by atoms with Gasteiger partial charge in [-0.25, -0.2) is 18.5 Å². The number of halogens is 2. The minimum atomic E-state index is -3.84. The minimum Gasteiger partial charge on any atom is -0.299 e. The summed E-state index contributed by atoms with van der Waals surface area (Å²) in [6.45, 7) is 6.29. The van der Waals surface area contributed by atoms with Crippen LogP contribution in [0.1, 0.15) is 25.4 Å². The predicted molar refractivity (Wildman–Crippen MR) is 97.5 cm³/mol. The Labute approximate surface area is 151 Å². The average molecular weight is 379 g/mol. The number of allylic oxidation sites excluding steroid dienone is 5. The number of rotatable bonds is 6. The number of nitrogens with zero attached hydrogens (tertiary/aromatic N) is 2. The molecule has 2 rings (SSSR count). The number of imidazole rings is 1. The van der Waals surface area contributed by atoms with Crippen LogP contribution in [0.15, 0.2) is 66.2 Å². The molecule has 0 aliphatic rings. The summed E-state index contributed by atoms with van der Waals surface area (Å²) in [6, 6.07) is 5.56. The highest BCUT2D eigenvalue weighted by Gasteiger charge is 2.29. The summed E-state index contributed by atoms with van der Waals surface area (Å²) in [5.74, 6) is -2.87. The van der Waals surface area contributed by atoms with Crippen LogP contribution in [0.2, 0.25) is 0 Å². The van der Waals surface area contributed by atoms with E-state index in [0.717, 1.165) is 6.92 Å². The van der Waals surface area contributed by atoms with Gasteiger partial charge in [0.1, 0.15) is 11.5 Å². The van der Waals surface area contributed by atoms with Crippen LogP contribution in [0.4, 0.5) is 8.78 Å². The van der Waals surface area contributed by atoms with Crippen molar-refractivity contribution in [1.29, 1.82) is 0 Å². The van der Waals surface area contributed by atoms with E-state index in [0.29, 0.717) is 11.3 Å². The van der Waals surface area contributed by atoms with Crippen LogP contribution >= 0.6 is 0 Å². The van der Waals surface area contributed by atoms with E-state index in [1.807, 2.05) is 6.92 Å². The number of aromatic nitrogens is 2. The van der Waals surface area contributed by atoms with Crippen LogP contribution in [0.3, 0.4) is 0 Å². The van der Waals surface area contributed by atoms with Gasteiger partial charge in [-0.3, -0.25) is 4.57 Å². The smallest absolute Gasteiger partial charge is 0.288 e. The fraction of sp³-hybridized carbons (Fsp3) is 0.167. The first-order chi connectivity index (χ1) is 12.1. The molecule has 0 aliphatic carbocycles. The lowest BCUT2D eigenvalue weighted by atomic mass is 10.2. The van der Waals surface area contributed by atoms with E-state index in [1.165, 1.54) is 41.1 Å². The van der Waals surface area contributed by atoms with E-state index in [4.69, 9.17) is 5.14 Å². The molecule has 138 valence electrons. The first kappa shape index (κ1) is 19.7. The van der Waals surface area contributed by atoms with Crippen molar-refractivity contribution >= 4 is 15.6 Å². The number of primary sulfonamides is 1. The fourth-order valence-electron chi connectivity index (χ4n) is 2.22. The zero-order valence-corrected chi connectivity index (χ0v) is 15.2. The van der Waals surface area contributed by atoms with Crippen molar-refractivity contribution in [2.75, 3.05) is 0 Å². The molecule has 1 aromatic heterocycles. The van der Waals surface area contributed by atoms with E-state index in [9.17, 15) is 17.2 Å². The standard InChI is InChI=1S/C18H19F2N3O2S/c1-4-6-7-13(5-2)17-22-16(18(3,19)20)12-23(17)14-8-10-15(11-9-14)26(21,24)25/h4-12H,2H2,1,3H3,(H2,21,24,25)/b6-4-,13-7+. The van der Waals surface area contributed by atoms with Crippen LogP contribution < -0.4 is 5.14 Å². The van der Waals surface area contributed by atoms with Gasteiger partial charge in [-0.15, -0.1) is 0 Å². The SMILES string of the molecule is C=C/C(=C\C=C/C)c1nc(C(C)(F)F)cn1-c1ccc(S(N)(=O)=O)cc1. The minimum absolute atomic E-state index is 0.0719. The van der Waals surface area contributed by atoms with Crippen molar-refractivity contribution < 1.29 is 17.2 Å². The van der Waals surface area contributed by atoms with Crippen molar-refractivity contribution in [2.45, 2.75) is 24.7 Å². The molecule has 0 saturated heterocycles. The Morgan fingerprint density at radius 1 is 1.31 bits per heavy atom. The van der Waals surface area contributed by atoms with E-state index >= 15 is 0 Å². The Morgan fingerprint density at radius 3 is 2.38 bits per heavy atom. The second-order valence-electron chi connectivity index (χ2n) is 5.60. The zero-order valence-electron chi connectivity index (χ0n) is 14.4. The summed E-state index contributed by atoms with van der Waals surface area (Å²) in [4.78, 5) is 3.98. The maximum Gasteiger partial charge on any atom is 0.288 e. The molecule has 5 nitrogen and oxygen atoms in total. The van der Waals surface area contributed by atoms with Crippen molar-refractivity contribution in [3.63, 3.8) is 0 Å². The summed E-state index contributed by atoms with van der Waals surface area (Å²) < 4.78 is 51.8. The van der Waals surface area contributed by atoms with Gasteiger partial charge < -0.3 is 0 Å². The number of hydrogen-bond donors (Lipinski definition) is 1. The van der Waals surface area contributed by atoms with Gasteiger partial charge in [-0.1, -0.05) is 30.9 Å². The molecule has 26 heavy (non-hydrogen) atoms. The van der Waals surface area contributed by atoms with Crippen LogP contribution in [-0.4, -0.2) is 18.0 Å². The first-order valence-electron chi connectivity index (χ1n) is 7.64. The fourth-order valence-corrected chi connectivity index (χ4v) is 2.74. The van der Waals surface area contributed by atoms with Crippen molar-refractivity contribution in [1.82, 2.24) is 9.55 Å². The van der Waals surface area contributed by atoms with Crippen LogP contribution in [-0.2, 0) is 15.9 Å². The quantitative estimate of drug-likeness (QED) is 0.776. The third-order valence-electron chi connectivity index (χ3n) is 3.55. The van der Waals surface area contributed by atoms with Crippen LogP contribution in [0, 0.1) is 0 Å². The molecule has 0 amide bonds. The molecule has 8 heteroatoms. The second kappa shape index (κ2) is 7.35. The molecule has 0 aliphatic heterocycles. The topological polar surface area (TPSA) is 78.0 Å². The maximum atomic E-state index is 13.8. The molecule has 2 aromatic rings. The highest BCUT2D eigenvalue weighted by atomic mass is 32.2. The average Bonchev–Trinajstić information content (AvgIpc) is 3.00. The van der Waals surface area contributed by atoms with Crippen LogP contribution in [0.25, 0.3) is 11.3 Å². The molecule has 0 radical (unpaired) electrons. The molecular weight excluding hydrogens is 360 g/mol. The summed E-state index contributed by atoms with van der Waals surface area (Å²) in [5.41, 5.74) is 0.592. The Bertz CT molecular complexity index is 967. The van der Waals surface area contributed by atoms with Gasteiger partial charge in [0, 0.05) is 24.4 Å². The molecule has 0 bridgehead atoms. The lowest BCUT2D eigenvalue weighted by Crippen LogP contribution is -2.12. The van der Waals surface area contributed by atoms with E-state index in [2.05, 4.69) is 11.6 Å². The number of sulfonamides is 1. The lowest BCUT2D eigenvalue weighted by Gasteiger charge is -2.09. The van der Waals surface area contributed by atoms with E-state index < -0.39 is 21.6 Å². The third kappa shape index (κ3) is 4.33. The largest absolute Gasteiger partial charge is 0.299 e. The summed E-state index contributed by atoms with van der Waals surface area (Å²) in [7, 11) is -3.84. The Kier molecular flexibility index (Phi) is 5.58. The monoisotopic (exact) mass is 379 g/mol. The summed E-state index contributed by atoms with van der Waals surface area (Å²) in [5, 5.41) is 5.09. The van der Waals surface area contributed by atoms with Gasteiger partial charge in [0.2, 0.25) is 10.0 Å². The second-order valence-corrected chi connectivity index (χ2v) is 7.16. The molecule has 0 saturated carbocycles. The van der Waals surface area contributed by atoms with Gasteiger partial charge in [0.25, 0.3) is 5.92 Å². The number of alkyl halides is 2. The van der Waals surface area contributed by atoms with Gasteiger partial charge in [-0.05, 0) is 31.2 Å². The number of nitrogens with two attached hydrogens (primary N) is 1. The molecule has 0 unspecified atom stereocenters. The molecule has 0 spiro atoms. The molecule has 1 heterocycles. The van der Waals surface area contributed by atoms with Gasteiger partial charge in [0.15, 0.2) is 0 Å². The highest BCUT2D eigenvalue weighted by Crippen LogP contribution is 2.30. The molecule has 0 atom stereocenters. The maximum absolute atomic E-state index is 13.8. The normalized spacial score (nSPS) is 13.3. The first-order valence-corrected chi connectivity index (χ1v) is 9.19. The number of benzene rings is 1. The van der Waals surface area contributed by atoms with Crippen LogP contribution in [0.5, 0.6) is 0 Å². The third-order valence-corrected chi connectivity index (χ3v) is 4.47. The molecule has 1 aromatic carbocycles. The Balaban J connectivity index is 2.66. The van der Waals surface area contributed by atoms with Gasteiger partial charge in [0.05, 0.1) is 4.90 Å². The van der Waals surface area contributed by atoms with E-state index in [-0.39, 0.29) is 10.7 Å². The Hall–Kier alpha value is -2.58. The van der Waals surface area contributed by atoms with Gasteiger partial charge >= 0.3 is 0 Å². The molecular formula is C18H19F2N3O2S. The molecule has 2 N–H and O–H groups in total. The highest BCUT2D eigenvalue weighted by molar-refractivity contribution is 7.89. The lowest BCUT2D eigenvalue weighted by molar-refractivity contribution is 0.0131. The molecule has 0 fully saturated rings. The number of hydrogen-bond acceptors (Lipinski definition) is 3. The predicted octanol–water partition coefficient (Wildman–Crippen LogP) is 3.78.